The van der Waals surface area contributed by atoms with Crippen molar-refractivity contribution < 1.29 is 9.59 Å². The minimum absolute atomic E-state index is 0.0122. The van der Waals surface area contributed by atoms with Crippen LogP contribution in [0.15, 0.2) is 40.9 Å². The molecule has 0 saturated heterocycles. The summed E-state index contributed by atoms with van der Waals surface area (Å²) in [6.45, 7) is 1.84. The summed E-state index contributed by atoms with van der Waals surface area (Å²) < 4.78 is 0. The van der Waals surface area contributed by atoms with E-state index in [1.54, 1.807) is 29.5 Å². The number of H-pyrrole nitrogens is 1. The number of thiophene rings is 1. The third kappa shape index (κ3) is 3.10. The van der Waals surface area contributed by atoms with Crippen LogP contribution >= 0.6 is 23.1 Å². The van der Waals surface area contributed by atoms with Gasteiger partial charge in [-0.15, -0.1) is 16.4 Å². The predicted octanol–water partition coefficient (Wildman–Crippen LogP) is 3.56. The lowest BCUT2D eigenvalue weighted by Crippen LogP contribution is -2.08. The van der Waals surface area contributed by atoms with Gasteiger partial charge in [-0.05, 0) is 42.1 Å². The quantitative estimate of drug-likeness (QED) is 0.530. The summed E-state index contributed by atoms with van der Waals surface area (Å²) in [5, 5.41) is 12.4. The molecule has 3 heterocycles. The Kier molecular flexibility index (Phi) is 4.14. The molecule has 25 heavy (non-hydrogen) atoms. The lowest BCUT2D eigenvalue weighted by molar-refractivity contribution is -0.116. The number of thioether (sulfide) groups is 1. The summed E-state index contributed by atoms with van der Waals surface area (Å²) in [6, 6.07) is 9.25. The highest BCUT2D eigenvalue weighted by Crippen LogP contribution is 2.33. The van der Waals surface area contributed by atoms with Gasteiger partial charge >= 0.3 is 0 Å². The van der Waals surface area contributed by atoms with Crippen LogP contribution in [0.2, 0.25) is 0 Å². The molecule has 0 aliphatic carbocycles. The summed E-state index contributed by atoms with van der Waals surface area (Å²) in [7, 11) is 0. The van der Waals surface area contributed by atoms with Gasteiger partial charge in [0, 0.05) is 11.3 Å². The zero-order valence-corrected chi connectivity index (χ0v) is 14.9. The van der Waals surface area contributed by atoms with Crippen molar-refractivity contribution in [2.75, 3.05) is 11.1 Å². The van der Waals surface area contributed by atoms with Crippen molar-refractivity contribution in [1.82, 2.24) is 15.2 Å². The van der Waals surface area contributed by atoms with E-state index < -0.39 is 0 Å². The minimum Gasteiger partial charge on any atom is -0.325 e. The van der Waals surface area contributed by atoms with Crippen LogP contribution in [0, 0.1) is 0 Å². The molecule has 0 unspecified atom stereocenters. The Hall–Kier alpha value is -2.45. The SMILES string of the molecule is C[C@H]1C(=O)Nc2ccc(C(=O)CSc3n[nH]c(-c4cccs4)n3)cc21. The molecule has 1 aliphatic rings. The van der Waals surface area contributed by atoms with Gasteiger partial charge in [0.05, 0.1) is 16.5 Å². The van der Waals surface area contributed by atoms with E-state index in [0.717, 1.165) is 16.1 Å². The third-order valence-electron chi connectivity index (χ3n) is 4.04. The van der Waals surface area contributed by atoms with Crippen molar-refractivity contribution in [3.05, 3.63) is 46.8 Å². The second-order valence-corrected chi connectivity index (χ2v) is 7.56. The number of anilines is 1. The maximum absolute atomic E-state index is 12.5. The molecular formula is C17H14N4O2S2. The molecule has 1 aliphatic heterocycles. The van der Waals surface area contributed by atoms with Gasteiger partial charge in [0.15, 0.2) is 11.6 Å². The lowest BCUT2D eigenvalue weighted by atomic mass is 9.99. The molecule has 2 aromatic heterocycles. The van der Waals surface area contributed by atoms with Crippen LogP contribution in [0.5, 0.6) is 0 Å². The van der Waals surface area contributed by atoms with Crippen LogP contribution in [0.25, 0.3) is 10.7 Å². The van der Waals surface area contributed by atoms with E-state index in [4.69, 9.17) is 0 Å². The molecule has 0 spiro atoms. The van der Waals surface area contributed by atoms with Gasteiger partial charge in [0.25, 0.3) is 0 Å². The molecule has 0 saturated carbocycles. The lowest BCUT2D eigenvalue weighted by Gasteiger charge is -2.04. The van der Waals surface area contributed by atoms with Gasteiger partial charge < -0.3 is 5.32 Å². The number of ketones is 1. The first kappa shape index (κ1) is 16.0. The zero-order chi connectivity index (χ0) is 17.4. The number of benzene rings is 1. The van der Waals surface area contributed by atoms with Gasteiger partial charge in [-0.1, -0.05) is 17.8 Å². The summed E-state index contributed by atoms with van der Waals surface area (Å²) in [4.78, 5) is 29.6. The molecular weight excluding hydrogens is 356 g/mol. The number of carbonyl (C=O) groups is 2. The molecule has 3 aromatic rings. The molecule has 2 N–H and O–H groups in total. The van der Waals surface area contributed by atoms with E-state index in [1.807, 2.05) is 24.4 Å². The number of aromatic nitrogens is 3. The number of nitrogens with one attached hydrogen (secondary N) is 2. The number of rotatable bonds is 5. The summed E-state index contributed by atoms with van der Waals surface area (Å²) in [5.74, 6) is 0.686. The topological polar surface area (TPSA) is 87.7 Å². The van der Waals surface area contributed by atoms with E-state index in [-0.39, 0.29) is 23.4 Å². The van der Waals surface area contributed by atoms with Crippen LogP contribution in [0.4, 0.5) is 5.69 Å². The molecule has 0 bridgehead atoms. The average molecular weight is 370 g/mol. The fraction of sp³-hybridized carbons (Fsp3) is 0.176. The van der Waals surface area contributed by atoms with Gasteiger partial charge in [0.1, 0.15) is 0 Å². The highest BCUT2D eigenvalue weighted by atomic mass is 32.2. The van der Waals surface area contributed by atoms with E-state index in [1.165, 1.54) is 11.8 Å². The second-order valence-electron chi connectivity index (χ2n) is 5.67. The Morgan fingerprint density at radius 3 is 3.04 bits per heavy atom. The molecule has 8 heteroatoms. The monoisotopic (exact) mass is 370 g/mol. The van der Waals surface area contributed by atoms with Gasteiger partial charge in [0.2, 0.25) is 11.1 Å². The summed E-state index contributed by atoms with van der Waals surface area (Å²) >= 11 is 2.87. The summed E-state index contributed by atoms with van der Waals surface area (Å²) in [6.07, 6.45) is 0. The first-order valence-corrected chi connectivity index (χ1v) is 9.55. The Balaban J connectivity index is 1.44. The van der Waals surface area contributed by atoms with Crippen LogP contribution in [0.3, 0.4) is 0 Å². The molecule has 1 amide bonds. The largest absolute Gasteiger partial charge is 0.325 e. The van der Waals surface area contributed by atoms with Gasteiger partial charge in [-0.3, -0.25) is 14.7 Å². The number of amides is 1. The number of hydrogen-bond acceptors (Lipinski definition) is 6. The first-order chi connectivity index (χ1) is 12.1. The van der Waals surface area contributed by atoms with Crippen LogP contribution in [0.1, 0.15) is 28.8 Å². The van der Waals surface area contributed by atoms with Crippen molar-refractivity contribution in [2.24, 2.45) is 0 Å². The van der Waals surface area contributed by atoms with Crippen molar-refractivity contribution in [3.8, 4) is 10.7 Å². The van der Waals surface area contributed by atoms with Crippen molar-refractivity contribution in [2.45, 2.75) is 18.0 Å². The third-order valence-corrected chi connectivity index (χ3v) is 5.77. The Morgan fingerprint density at radius 1 is 1.36 bits per heavy atom. The van der Waals surface area contributed by atoms with E-state index >= 15 is 0 Å². The van der Waals surface area contributed by atoms with E-state index in [9.17, 15) is 9.59 Å². The average Bonchev–Trinajstić information content (AvgIpc) is 3.34. The molecule has 1 atom stereocenters. The molecule has 0 radical (unpaired) electrons. The first-order valence-electron chi connectivity index (χ1n) is 7.69. The number of carbonyl (C=O) groups excluding carboxylic acids is 2. The molecule has 4 rings (SSSR count). The number of fused-ring (bicyclic) bond motifs is 1. The predicted molar refractivity (Wildman–Crippen MR) is 98.2 cm³/mol. The highest BCUT2D eigenvalue weighted by molar-refractivity contribution is 7.99. The Bertz CT molecular complexity index is 949. The van der Waals surface area contributed by atoms with Crippen molar-refractivity contribution in [3.63, 3.8) is 0 Å². The molecule has 1 aromatic carbocycles. The Labute approximate surface area is 152 Å². The zero-order valence-electron chi connectivity index (χ0n) is 13.3. The van der Waals surface area contributed by atoms with Crippen molar-refractivity contribution in [1.29, 1.82) is 0 Å². The second kappa shape index (κ2) is 6.45. The molecule has 0 fully saturated rings. The number of Topliss-reactive ketones (excluding diaryl/α,β-unsaturated/α-hetero) is 1. The summed E-state index contributed by atoms with van der Waals surface area (Å²) in [5.41, 5.74) is 2.26. The van der Waals surface area contributed by atoms with Crippen LogP contribution in [-0.4, -0.2) is 32.6 Å². The minimum atomic E-state index is -0.225. The van der Waals surface area contributed by atoms with Crippen LogP contribution in [-0.2, 0) is 4.79 Å². The highest BCUT2D eigenvalue weighted by Gasteiger charge is 2.27. The van der Waals surface area contributed by atoms with Gasteiger partial charge in [-0.25, -0.2) is 4.98 Å². The number of aromatic amines is 1. The normalized spacial score (nSPS) is 15.9. The maximum Gasteiger partial charge on any atom is 0.231 e. The Morgan fingerprint density at radius 2 is 2.24 bits per heavy atom. The van der Waals surface area contributed by atoms with Crippen LogP contribution < -0.4 is 5.32 Å². The smallest absolute Gasteiger partial charge is 0.231 e. The molecule has 6 nitrogen and oxygen atoms in total. The van der Waals surface area contributed by atoms with Gasteiger partial charge in [-0.2, -0.15) is 0 Å². The number of hydrogen-bond donors (Lipinski definition) is 2. The number of nitrogens with zero attached hydrogens (tertiary/aromatic N) is 2. The maximum atomic E-state index is 12.5. The fourth-order valence-electron chi connectivity index (χ4n) is 2.64. The standard InChI is InChI=1S/C17H14N4O2S2/c1-9-11-7-10(4-5-12(11)18-16(9)23)13(22)8-25-17-19-15(20-21-17)14-3-2-6-24-14/h2-7,9H,8H2,1H3,(H,18,23)(H,19,20,21)/t9-/m1/s1. The fourth-order valence-corrected chi connectivity index (χ4v) is 4.00. The van der Waals surface area contributed by atoms with E-state index in [2.05, 4.69) is 20.5 Å². The van der Waals surface area contributed by atoms with E-state index in [0.29, 0.717) is 16.5 Å². The van der Waals surface area contributed by atoms with Crippen molar-refractivity contribution >= 4 is 40.5 Å². The molecule has 126 valence electrons.